The monoisotopic (exact) mass is 794 g/mol. The third-order valence-electron chi connectivity index (χ3n) is 11.0. The Morgan fingerprint density at radius 1 is 0.482 bits per heavy atom. The quantitative estimate of drug-likeness (QED) is 0.0362. The predicted octanol–water partition coefficient (Wildman–Crippen LogP) is 15.4. The number of ether oxygens (including phenoxy) is 3. The predicted molar refractivity (Wildman–Crippen MR) is 243 cm³/mol. The molecule has 1 fully saturated rings. The fourth-order valence-corrected chi connectivity index (χ4v) is 7.66. The Morgan fingerprint density at radius 2 is 0.821 bits per heavy atom. The van der Waals surface area contributed by atoms with Crippen LogP contribution >= 0.6 is 0 Å². The molecule has 6 heteroatoms. The highest BCUT2D eigenvalue weighted by Crippen LogP contribution is 2.34. The molecule has 6 nitrogen and oxygen atoms in total. The van der Waals surface area contributed by atoms with E-state index in [1.807, 2.05) is 0 Å². The molecule has 0 radical (unpaired) electrons. The van der Waals surface area contributed by atoms with Crippen molar-refractivity contribution in [1.82, 2.24) is 4.90 Å². The van der Waals surface area contributed by atoms with Crippen molar-refractivity contribution in [2.45, 2.75) is 242 Å². The van der Waals surface area contributed by atoms with Gasteiger partial charge in [0, 0.05) is 25.9 Å². The Balaban J connectivity index is 0. The number of hydrogen-bond acceptors (Lipinski definition) is 6. The van der Waals surface area contributed by atoms with E-state index in [-0.39, 0.29) is 11.9 Å². The van der Waals surface area contributed by atoms with Crippen LogP contribution in [-0.4, -0.2) is 49.7 Å². The molecule has 0 bridgehead atoms. The van der Waals surface area contributed by atoms with E-state index < -0.39 is 0 Å². The van der Waals surface area contributed by atoms with Crippen LogP contribution in [0.3, 0.4) is 0 Å². The number of hydrogen-bond donors (Lipinski definition) is 0. The number of esters is 2. The summed E-state index contributed by atoms with van der Waals surface area (Å²) >= 11 is 0. The summed E-state index contributed by atoms with van der Waals surface area (Å²) in [6.45, 7) is 27.6. The van der Waals surface area contributed by atoms with Gasteiger partial charge in [-0.15, -0.1) is 0 Å². The van der Waals surface area contributed by atoms with Crippen LogP contribution in [0.15, 0.2) is 12.5 Å². The van der Waals surface area contributed by atoms with Gasteiger partial charge in [-0.1, -0.05) is 184 Å². The Hall–Kier alpha value is -1.72. The van der Waals surface area contributed by atoms with Crippen LogP contribution in [0.2, 0.25) is 0 Å². The molecule has 0 aromatic heterocycles. The van der Waals surface area contributed by atoms with Gasteiger partial charge >= 0.3 is 11.9 Å². The average Bonchev–Trinajstić information content (AvgIpc) is 3.58. The Morgan fingerprint density at radius 3 is 1.14 bits per heavy atom. The minimum absolute atomic E-state index is 0.0507. The van der Waals surface area contributed by atoms with Crippen LogP contribution in [0.25, 0.3) is 0 Å². The van der Waals surface area contributed by atoms with Gasteiger partial charge in [0.1, 0.15) is 0 Å². The summed E-state index contributed by atoms with van der Waals surface area (Å²) in [5, 5.41) is 0. The van der Waals surface area contributed by atoms with Crippen molar-refractivity contribution in [2.75, 3.05) is 32.9 Å². The molecule has 0 spiro atoms. The summed E-state index contributed by atoms with van der Waals surface area (Å²) in [7, 11) is 0. The topological polar surface area (TPSA) is 65.1 Å². The number of unbranched alkanes of at least 4 members (excludes halogenated alkanes) is 9. The molecule has 334 valence electrons. The lowest BCUT2D eigenvalue weighted by molar-refractivity contribution is -0.145. The van der Waals surface area contributed by atoms with Gasteiger partial charge < -0.3 is 19.1 Å². The molecule has 0 aromatic carbocycles. The van der Waals surface area contributed by atoms with Crippen molar-refractivity contribution in [3.63, 3.8) is 0 Å². The van der Waals surface area contributed by atoms with Crippen molar-refractivity contribution in [3.8, 4) is 0 Å². The van der Waals surface area contributed by atoms with E-state index in [1.54, 1.807) is 0 Å². The third-order valence-corrected chi connectivity index (χ3v) is 11.0. The molecule has 0 saturated carbocycles. The fraction of sp³-hybridized carbons (Fsp3) is 0.920. The number of carbonyl (C=O) groups is 2. The normalized spacial score (nSPS) is 14.9. The number of likely N-dealkylation sites (tertiary alicyclic amines) is 1. The van der Waals surface area contributed by atoms with Gasteiger partial charge in [0.15, 0.2) is 5.88 Å². The fourth-order valence-electron chi connectivity index (χ4n) is 7.66. The van der Waals surface area contributed by atoms with Crippen molar-refractivity contribution in [1.29, 1.82) is 0 Å². The summed E-state index contributed by atoms with van der Waals surface area (Å²) in [6, 6.07) is 0. The van der Waals surface area contributed by atoms with E-state index in [0.29, 0.717) is 56.3 Å². The molecule has 1 saturated heterocycles. The van der Waals surface area contributed by atoms with E-state index in [9.17, 15) is 9.59 Å². The summed E-state index contributed by atoms with van der Waals surface area (Å²) in [5.74, 6) is 2.94. The van der Waals surface area contributed by atoms with Gasteiger partial charge in [0.05, 0.1) is 19.8 Å². The Bertz CT molecular complexity index is 784. The first-order chi connectivity index (χ1) is 27.2. The summed E-state index contributed by atoms with van der Waals surface area (Å²) in [5.41, 5.74) is 0. The first-order valence-corrected chi connectivity index (χ1v) is 24.6. The van der Waals surface area contributed by atoms with E-state index in [4.69, 9.17) is 14.2 Å². The van der Waals surface area contributed by atoms with Crippen molar-refractivity contribution in [3.05, 3.63) is 12.5 Å². The molecular formula is C50H99NO5. The molecule has 2 unspecified atom stereocenters. The highest BCUT2D eigenvalue weighted by Gasteiger charge is 2.33. The van der Waals surface area contributed by atoms with Gasteiger partial charge in [-0.3, -0.25) is 9.59 Å². The number of carbonyl (C=O) groups excluding carboxylic acids is 2. The standard InChI is InChI=1S/C44H83NO5.2C3H8/c1-7-12-17-23-39(24-18-13-8-2)31-34-49-43(46)29-21-27-41-36-45(38(6)48-33-16-11-5)37-42(41)28-22-30-44(47)50-35-32-40(25-19-14-9-3)26-20-15-10-4;2*1-3-2/h39-42H,6-37H2,1-5H3;2*3H2,1-2H3. The van der Waals surface area contributed by atoms with E-state index in [1.165, 1.54) is 116 Å². The molecule has 0 aromatic rings. The van der Waals surface area contributed by atoms with E-state index in [0.717, 1.165) is 70.3 Å². The van der Waals surface area contributed by atoms with Crippen molar-refractivity contribution < 1.29 is 23.8 Å². The van der Waals surface area contributed by atoms with Gasteiger partial charge in [0.2, 0.25) is 0 Å². The molecular weight excluding hydrogens is 695 g/mol. The smallest absolute Gasteiger partial charge is 0.305 e. The molecule has 1 heterocycles. The Labute approximate surface area is 350 Å². The summed E-state index contributed by atoms with van der Waals surface area (Å²) < 4.78 is 17.5. The number of nitrogens with zero attached hydrogens (tertiary/aromatic N) is 1. The minimum atomic E-state index is -0.0507. The van der Waals surface area contributed by atoms with Crippen LogP contribution < -0.4 is 0 Å². The van der Waals surface area contributed by atoms with Gasteiger partial charge in [-0.05, 0) is 75.2 Å². The first kappa shape index (κ1) is 56.4. The maximum atomic E-state index is 12.7. The molecule has 0 N–H and O–H groups in total. The highest BCUT2D eigenvalue weighted by atomic mass is 16.5. The largest absolute Gasteiger partial charge is 0.479 e. The minimum Gasteiger partial charge on any atom is -0.479 e. The van der Waals surface area contributed by atoms with Crippen LogP contribution in [0.1, 0.15) is 242 Å². The van der Waals surface area contributed by atoms with Gasteiger partial charge in [-0.25, -0.2) is 0 Å². The first-order valence-electron chi connectivity index (χ1n) is 24.6. The van der Waals surface area contributed by atoms with Crippen LogP contribution in [0, 0.1) is 23.7 Å². The van der Waals surface area contributed by atoms with E-state index >= 15 is 0 Å². The molecule has 1 rings (SSSR count). The average molecular weight is 794 g/mol. The lowest BCUT2D eigenvalue weighted by atomic mass is 9.87. The Kier molecular flexibility index (Phi) is 43.2. The lowest BCUT2D eigenvalue weighted by Crippen LogP contribution is -2.22. The summed E-state index contributed by atoms with van der Waals surface area (Å²) in [4.78, 5) is 27.7. The van der Waals surface area contributed by atoms with Crippen molar-refractivity contribution >= 4 is 11.9 Å². The zero-order chi connectivity index (χ0) is 42.1. The third kappa shape index (κ3) is 34.3. The highest BCUT2D eigenvalue weighted by molar-refractivity contribution is 5.69. The second kappa shape index (κ2) is 42.9. The second-order valence-electron chi connectivity index (χ2n) is 17.0. The molecule has 2 atom stereocenters. The SMILES string of the molecule is C=C(OCCCC)N1CC(CCCC(=O)OCCC(CCCCC)CCCCC)C(CCCC(=O)OCCC(CCCCC)CCCCC)C1.CCC.CCC. The second-order valence-corrected chi connectivity index (χ2v) is 17.0. The van der Waals surface area contributed by atoms with Crippen molar-refractivity contribution in [2.24, 2.45) is 23.7 Å². The lowest BCUT2D eigenvalue weighted by Gasteiger charge is -2.21. The molecule has 0 amide bonds. The molecule has 0 aliphatic carbocycles. The maximum absolute atomic E-state index is 12.7. The zero-order valence-electron chi connectivity index (χ0n) is 39.3. The van der Waals surface area contributed by atoms with Crippen LogP contribution in [0.5, 0.6) is 0 Å². The van der Waals surface area contributed by atoms with Crippen LogP contribution in [-0.2, 0) is 23.8 Å². The maximum Gasteiger partial charge on any atom is 0.305 e. The number of rotatable bonds is 35. The zero-order valence-corrected chi connectivity index (χ0v) is 39.3. The molecule has 1 aliphatic rings. The molecule has 1 aliphatic heterocycles. The van der Waals surface area contributed by atoms with Crippen LogP contribution in [0.4, 0.5) is 0 Å². The molecule has 56 heavy (non-hydrogen) atoms. The summed E-state index contributed by atoms with van der Waals surface area (Å²) in [6.07, 6.45) is 31.6. The van der Waals surface area contributed by atoms with Gasteiger partial charge in [-0.2, -0.15) is 0 Å². The van der Waals surface area contributed by atoms with Gasteiger partial charge in [0.25, 0.3) is 0 Å². The van der Waals surface area contributed by atoms with E-state index in [2.05, 4.69) is 73.8 Å².